The summed E-state index contributed by atoms with van der Waals surface area (Å²) in [5.41, 5.74) is 2.98. The normalized spacial score (nSPS) is 17.4. The number of fused-ring (bicyclic) bond motifs is 1. The number of rotatable bonds is 5. The number of amides is 1. The average molecular weight is 377 g/mol. The van der Waals surface area contributed by atoms with Crippen LogP contribution in [0.5, 0.6) is 0 Å². The van der Waals surface area contributed by atoms with Crippen LogP contribution in [0.3, 0.4) is 0 Å². The molecule has 4 rings (SSSR count). The molecule has 2 aromatic heterocycles. The van der Waals surface area contributed by atoms with Gasteiger partial charge in [-0.2, -0.15) is 0 Å². The molecule has 0 unspecified atom stereocenters. The number of aryl methyl sites for hydroxylation is 1. The molecule has 1 saturated heterocycles. The van der Waals surface area contributed by atoms with E-state index >= 15 is 0 Å². The molecule has 0 bridgehead atoms. The van der Waals surface area contributed by atoms with Crippen molar-refractivity contribution in [3.05, 3.63) is 65.7 Å². The van der Waals surface area contributed by atoms with E-state index in [-0.39, 0.29) is 5.91 Å². The number of furan rings is 1. The van der Waals surface area contributed by atoms with Gasteiger partial charge in [0.1, 0.15) is 5.58 Å². The number of aromatic nitrogens is 1. The highest BCUT2D eigenvalue weighted by molar-refractivity contribution is 5.96. The van der Waals surface area contributed by atoms with E-state index in [2.05, 4.69) is 23.0 Å². The molecule has 3 aromatic rings. The quantitative estimate of drug-likeness (QED) is 0.676. The Bertz CT molecular complexity index is 951. The van der Waals surface area contributed by atoms with Crippen LogP contribution in [-0.4, -0.2) is 53.4 Å². The number of nitrogens with zero attached hydrogens (tertiary/aromatic N) is 3. The van der Waals surface area contributed by atoms with E-state index in [0.29, 0.717) is 11.8 Å². The van der Waals surface area contributed by atoms with E-state index in [4.69, 9.17) is 4.42 Å². The predicted octanol–water partition coefficient (Wildman–Crippen LogP) is 3.92. The van der Waals surface area contributed by atoms with Gasteiger partial charge in [-0.05, 0) is 50.6 Å². The highest BCUT2D eigenvalue weighted by Gasteiger charge is 2.28. The molecule has 0 radical (unpaired) electrons. The van der Waals surface area contributed by atoms with Gasteiger partial charge in [0.05, 0.1) is 0 Å². The lowest BCUT2D eigenvalue weighted by atomic mass is 10.0. The van der Waals surface area contributed by atoms with Crippen molar-refractivity contribution in [2.45, 2.75) is 32.2 Å². The van der Waals surface area contributed by atoms with Crippen molar-refractivity contribution in [2.75, 3.05) is 26.7 Å². The number of carbonyl (C=O) groups excluding carboxylic acids is 1. The zero-order valence-corrected chi connectivity index (χ0v) is 16.6. The van der Waals surface area contributed by atoms with Crippen molar-refractivity contribution in [3.8, 4) is 0 Å². The second-order valence-corrected chi connectivity index (χ2v) is 7.70. The lowest BCUT2D eigenvalue weighted by molar-refractivity contribution is 0.0583. The molecule has 0 saturated carbocycles. The van der Waals surface area contributed by atoms with Crippen LogP contribution in [0.1, 0.15) is 34.7 Å². The first kappa shape index (κ1) is 18.7. The Hall–Kier alpha value is -2.66. The second-order valence-electron chi connectivity index (χ2n) is 7.70. The number of likely N-dealkylation sites (tertiary alicyclic amines) is 1. The molecule has 1 aliphatic rings. The monoisotopic (exact) mass is 377 g/mol. The van der Waals surface area contributed by atoms with E-state index in [1.165, 1.54) is 0 Å². The summed E-state index contributed by atoms with van der Waals surface area (Å²) in [4.78, 5) is 21.7. The summed E-state index contributed by atoms with van der Waals surface area (Å²) in [6.07, 6.45) is 4.89. The van der Waals surface area contributed by atoms with Gasteiger partial charge in [-0.25, -0.2) is 0 Å². The third-order valence-electron chi connectivity index (χ3n) is 5.71. The van der Waals surface area contributed by atoms with Crippen molar-refractivity contribution >= 4 is 16.9 Å². The SMILES string of the molecule is Cc1cccc2cc(C(=O)N3CCC[C@@H](N(C)CCc4ccccn4)C3)oc12. The molecule has 3 heterocycles. The fourth-order valence-electron chi connectivity index (χ4n) is 3.99. The van der Waals surface area contributed by atoms with Gasteiger partial charge in [0, 0.05) is 49.4 Å². The fourth-order valence-corrected chi connectivity index (χ4v) is 3.99. The van der Waals surface area contributed by atoms with Crippen LogP contribution in [0.25, 0.3) is 11.0 Å². The van der Waals surface area contributed by atoms with Crippen LogP contribution in [0.2, 0.25) is 0 Å². The van der Waals surface area contributed by atoms with Crippen molar-refractivity contribution < 1.29 is 9.21 Å². The molecule has 1 amide bonds. The number of pyridine rings is 1. The van der Waals surface area contributed by atoms with Gasteiger partial charge in [0.15, 0.2) is 5.76 Å². The lowest BCUT2D eigenvalue weighted by Gasteiger charge is -2.37. The van der Waals surface area contributed by atoms with Crippen LogP contribution >= 0.6 is 0 Å². The van der Waals surface area contributed by atoms with Gasteiger partial charge in [-0.3, -0.25) is 9.78 Å². The molecule has 1 aromatic carbocycles. The fraction of sp³-hybridized carbons (Fsp3) is 0.391. The third kappa shape index (κ3) is 3.94. The summed E-state index contributed by atoms with van der Waals surface area (Å²) in [5, 5.41) is 0.990. The van der Waals surface area contributed by atoms with Crippen LogP contribution in [0.4, 0.5) is 0 Å². The van der Waals surface area contributed by atoms with Gasteiger partial charge < -0.3 is 14.2 Å². The summed E-state index contributed by atoms with van der Waals surface area (Å²) in [5.74, 6) is 0.444. The standard InChI is InChI=1S/C23H27N3O2/c1-17-7-5-8-18-15-21(28-22(17)18)23(27)26-13-6-10-20(16-26)25(2)14-11-19-9-3-4-12-24-19/h3-5,7-9,12,15,20H,6,10-11,13-14,16H2,1-2H3/t20-/m1/s1. The highest BCUT2D eigenvalue weighted by atomic mass is 16.3. The van der Waals surface area contributed by atoms with Crippen molar-refractivity contribution in [1.29, 1.82) is 0 Å². The number of carbonyl (C=O) groups is 1. The first-order valence-corrected chi connectivity index (χ1v) is 10.0. The summed E-state index contributed by atoms with van der Waals surface area (Å²) in [6, 6.07) is 14.3. The topological polar surface area (TPSA) is 49.6 Å². The van der Waals surface area contributed by atoms with Crippen molar-refractivity contribution in [3.63, 3.8) is 0 Å². The van der Waals surface area contributed by atoms with Crippen LogP contribution < -0.4 is 0 Å². The molecule has 5 heteroatoms. The third-order valence-corrected chi connectivity index (χ3v) is 5.71. The molecule has 0 N–H and O–H groups in total. The second kappa shape index (κ2) is 8.15. The minimum absolute atomic E-state index is 0.00146. The van der Waals surface area contributed by atoms with Crippen molar-refractivity contribution in [2.24, 2.45) is 0 Å². The highest BCUT2D eigenvalue weighted by Crippen LogP contribution is 2.25. The van der Waals surface area contributed by atoms with Crippen LogP contribution in [0, 0.1) is 6.92 Å². The average Bonchev–Trinajstić information content (AvgIpc) is 3.18. The Labute approximate surface area is 166 Å². The largest absolute Gasteiger partial charge is 0.451 e. The first-order valence-electron chi connectivity index (χ1n) is 10.0. The Morgan fingerprint density at radius 1 is 1.29 bits per heavy atom. The summed E-state index contributed by atoms with van der Waals surface area (Å²) >= 11 is 0. The van der Waals surface area contributed by atoms with Gasteiger partial charge in [-0.15, -0.1) is 0 Å². The summed E-state index contributed by atoms with van der Waals surface area (Å²) in [7, 11) is 2.14. The number of piperidine rings is 1. The molecule has 0 aliphatic carbocycles. The van der Waals surface area contributed by atoms with Gasteiger partial charge in [0.25, 0.3) is 5.91 Å². The van der Waals surface area contributed by atoms with E-state index in [1.807, 2.05) is 54.4 Å². The van der Waals surface area contributed by atoms with Crippen LogP contribution in [-0.2, 0) is 6.42 Å². The van der Waals surface area contributed by atoms with E-state index in [9.17, 15) is 4.79 Å². The maximum absolute atomic E-state index is 13.0. The van der Waals surface area contributed by atoms with E-state index in [0.717, 1.165) is 61.1 Å². The van der Waals surface area contributed by atoms with Gasteiger partial charge in [0.2, 0.25) is 0 Å². The minimum atomic E-state index is -0.00146. The Morgan fingerprint density at radius 3 is 2.96 bits per heavy atom. The number of hydrogen-bond donors (Lipinski definition) is 0. The summed E-state index contributed by atoms with van der Waals surface area (Å²) in [6.45, 7) is 4.48. The minimum Gasteiger partial charge on any atom is -0.451 e. The molecule has 1 fully saturated rings. The van der Waals surface area contributed by atoms with Gasteiger partial charge >= 0.3 is 0 Å². The number of benzene rings is 1. The molecule has 146 valence electrons. The zero-order valence-electron chi connectivity index (χ0n) is 16.6. The molecule has 1 aliphatic heterocycles. The summed E-state index contributed by atoms with van der Waals surface area (Å²) < 4.78 is 5.90. The molecule has 1 atom stereocenters. The van der Waals surface area contributed by atoms with Gasteiger partial charge in [-0.1, -0.05) is 24.3 Å². The predicted molar refractivity (Wildman–Crippen MR) is 110 cm³/mol. The molecule has 5 nitrogen and oxygen atoms in total. The zero-order chi connectivity index (χ0) is 19.5. The number of hydrogen-bond acceptors (Lipinski definition) is 4. The van der Waals surface area contributed by atoms with Crippen LogP contribution in [0.15, 0.2) is 53.1 Å². The molecular formula is C23H27N3O2. The Balaban J connectivity index is 1.41. The molecule has 28 heavy (non-hydrogen) atoms. The Kier molecular flexibility index (Phi) is 5.44. The maximum atomic E-state index is 13.0. The molecular weight excluding hydrogens is 350 g/mol. The maximum Gasteiger partial charge on any atom is 0.289 e. The Morgan fingerprint density at radius 2 is 2.18 bits per heavy atom. The van der Waals surface area contributed by atoms with E-state index < -0.39 is 0 Å². The molecule has 0 spiro atoms. The van der Waals surface area contributed by atoms with Crippen molar-refractivity contribution in [1.82, 2.24) is 14.8 Å². The van der Waals surface area contributed by atoms with E-state index in [1.54, 1.807) is 0 Å². The lowest BCUT2D eigenvalue weighted by Crippen LogP contribution is -2.49. The first-order chi connectivity index (χ1) is 13.6. The number of likely N-dealkylation sites (N-methyl/N-ethyl adjacent to an activating group) is 1. The smallest absolute Gasteiger partial charge is 0.289 e. The number of para-hydroxylation sites is 1.